The maximum atomic E-state index is 13.2. The van der Waals surface area contributed by atoms with E-state index in [0.717, 1.165) is 0 Å². The lowest BCUT2D eigenvalue weighted by atomic mass is 10.1. The summed E-state index contributed by atoms with van der Waals surface area (Å²) in [7, 11) is -3.72. The smallest absolute Gasteiger partial charge is 0.244 e. The molecule has 8 heteroatoms. The monoisotopic (exact) mass is 480 g/mol. The number of carbonyl (C=O) groups is 2. The molecule has 0 radical (unpaired) electrons. The molecule has 1 N–H and O–H groups in total. The lowest BCUT2D eigenvalue weighted by Crippen LogP contribution is -2.18. The Labute approximate surface area is 196 Å². The zero-order chi connectivity index (χ0) is 23.6. The van der Waals surface area contributed by atoms with E-state index in [9.17, 15) is 18.0 Å². The number of Topliss-reactive ketones (excluding diaryl/α,β-unsaturated/α-hetero) is 1. The standard InChI is InChI=1S/C25H21ClN2O4S/c1-17(29)18-10-12-20(13-11-18)27-25(30)15-28-14-24(21-7-3-5-9-23(21)28)33(31,32)16-19-6-2-4-8-22(19)26/h2-14H,15-16H2,1H3,(H,27,30). The highest BCUT2D eigenvalue weighted by molar-refractivity contribution is 7.90. The summed E-state index contributed by atoms with van der Waals surface area (Å²) in [5.74, 6) is -0.617. The van der Waals surface area contributed by atoms with Crippen LogP contribution in [0.5, 0.6) is 0 Å². The van der Waals surface area contributed by atoms with Gasteiger partial charge in [-0.2, -0.15) is 0 Å². The van der Waals surface area contributed by atoms with Gasteiger partial charge in [-0.25, -0.2) is 8.42 Å². The molecule has 4 rings (SSSR count). The zero-order valence-electron chi connectivity index (χ0n) is 17.8. The number of nitrogens with zero attached hydrogens (tertiary/aromatic N) is 1. The molecule has 3 aromatic carbocycles. The van der Waals surface area contributed by atoms with Gasteiger partial charge in [0.25, 0.3) is 0 Å². The number of sulfone groups is 1. The van der Waals surface area contributed by atoms with Gasteiger partial charge in [0.2, 0.25) is 5.91 Å². The van der Waals surface area contributed by atoms with E-state index < -0.39 is 9.84 Å². The number of aromatic nitrogens is 1. The summed E-state index contributed by atoms with van der Waals surface area (Å²) in [5.41, 5.74) is 2.26. The number of nitrogens with one attached hydrogen (secondary N) is 1. The average Bonchev–Trinajstić information content (AvgIpc) is 3.15. The van der Waals surface area contributed by atoms with Gasteiger partial charge in [0, 0.05) is 33.4 Å². The molecule has 6 nitrogen and oxygen atoms in total. The summed E-state index contributed by atoms with van der Waals surface area (Å²) in [6.45, 7) is 1.40. The van der Waals surface area contributed by atoms with Gasteiger partial charge >= 0.3 is 0 Å². The Balaban J connectivity index is 1.61. The van der Waals surface area contributed by atoms with Crippen LogP contribution < -0.4 is 5.32 Å². The van der Waals surface area contributed by atoms with Crippen LogP contribution in [0.3, 0.4) is 0 Å². The molecule has 0 unspecified atom stereocenters. The van der Waals surface area contributed by atoms with E-state index in [1.54, 1.807) is 77.4 Å². The van der Waals surface area contributed by atoms with Crippen LogP contribution in [-0.4, -0.2) is 24.7 Å². The highest BCUT2D eigenvalue weighted by Gasteiger charge is 2.23. The fraction of sp³-hybridized carbons (Fsp3) is 0.120. The Morgan fingerprint density at radius 3 is 2.30 bits per heavy atom. The maximum Gasteiger partial charge on any atom is 0.244 e. The number of carbonyl (C=O) groups excluding carboxylic acids is 2. The lowest BCUT2D eigenvalue weighted by molar-refractivity contribution is -0.116. The highest BCUT2D eigenvalue weighted by Crippen LogP contribution is 2.29. The van der Waals surface area contributed by atoms with Gasteiger partial charge < -0.3 is 9.88 Å². The van der Waals surface area contributed by atoms with Crippen LogP contribution in [0.25, 0.3) is 10.9 Å². The number of fused-ring (bicyclic) bond motifs is 1. The molecule has 0 fully saturated rings. The van der Waals surface area contributed by atoms with Crippen LogP contribution in [0.15, 0.2) is 83.9 Å². The molecule has 0 aliphatic heterocycles. The van der Waals surface area contributed by atoms with E-state index in [-0.39, 0.29) is 28.9 Å². The summed E-state index contributed by atoms with van der Waals surface area (Å²) in [5, 5.41) is 3.71. The Morgan fingerprint density at radius 2 is 1.61 bits per heavy atom. The first kappa shape index (κ1) is 22.8. The van der Waals surface area contributed by atoms with Crippen molar-refractivity contribution in [1.82, 2.24) is 4.57 Å². The largest absolute Gasteiger partial charge is 0.337 e. The molecule has 1 aromatic heterocycles. The van der Waals surface area contributed by atoms with E-state index in [1.807, 2.05) is 0 Å². The minimum Gasteiger partial charge on any atom is -0.337 e. The minimum atomic E-state index is -3.72. The second-order valence-corrected chi connectivity index (χ2v) is 10.0. The van der Waals surface area contributed by atoms with E-state index >= 15 is 0 Å². The SMILES string of the molecule is CC(=O)c1ccc(NC(=O)Cn2cc(S(=O)(=O)Cc3ccccc3Cl)c3ccccc32)cc1. The van der Waals surface area contributed by atoms with E-state index in [1.165, 1.54) is 13.1 Å². The predicted molar refractivity (Wildman–Crippen MR) is 129 cm³/mol. The third-order valence-electron chi connectivity index (χ3n) is 5.28. The molecular formula is C25H21ClN2O4S. The van der Waals surface area contributed by atoms with Crippen molar-refractivity contribution in [3.8, 4) is 0 Å². The lowest BCUT2D eigenvalue weighted by Gasteiger charge is -2.08. The van der Waals surface area contributed by atoms with Crippen molar-refractivity contribution in [3.05, 3.63) is 95.1 Å². The maximum absolute atomic E-state index is 13.2. The average molecular weight is 481 g/mol. The molecule has 0 saturated carbocycles. The molecule has 168 valence electrons. The first-order valence-corrected chi connectivity index (χ1v) is 12.2. The quantitative estimate of drug-likeness (QED) is 0.372. The Bertz CT molecular complexity index is 1460. The molecule has 4 aromatic rings. The summed E-state index contributed by atoms with van der Waals surface area (Å²) >= 11 is 6.17. The van der Waals surface area contributed by atoms with Crippen molar-refractivity contribution >= 4 is 49.7 Å². The molecule has 0 bridgehead atoms. The molecule has 33 heavy (non-hydrogen) atoms. The molecule has 1 heterocycles. The number of rotatable bonds is 7. The molecule has 0 atom stereocenters. The van der Waals surface area contributed by atoms with Crippen LogP contribution in [0, 0.1) is 0 Å². The number of benzene rings is 3. The van der Waals surface area contributed by atoms with Gasteiger partial charge in [0.1, 0.15) is 6.54 Å². The summed E-state index contributed by atoms with van der Waals surface area (Å²) < 4.78 is 28.1. The normalized spacial score (nSPS) is 11.5. The van der Waals surface area contributed by atoms with Crippen molar-refractivity contribution in [2.75, 3.05) is 5.32 Å². The van der Waals surface area contributed by atoms with Gasteiger partial charge in [-0.05, 0) is 48.9 Å². The first-order chi connectivity index (χ1) is 15.7. The van der Waals surface area contributed by atoms with Crippen LogP contribution in [-0.2, 0) is 26.9 Å². The van der Waals surface area contributed by atoms with E-state index in [2.05, 4.69) is 5.32 Å². The molecule has 0 spiro atoms. The van der Waals surface area contributed by atoms with Gasteiger partial charge in [-0.3, -0.25) is 9.59 Å². The van der Waals surface area contributed by atoms with Gasteiger partial charge in [-0.15, -0.1) is 0 Å². The molecule has 0 aliphatic rings. The fourth-order valence-corrected chi connectivity index (χ4v) is 5.53. The second-order valence-electron chi connectivity index (χ2n) is 7.67. The Hall–Kier alpha value is -3.42. The Morgan fingerprint density at radius 1 is 0.939 bits per heavy atom. The summed E-state index contributed by atoms with van der Waals surface area (Å²) in [6, 6.07) is 20.5. The number of amides is 1. The number of halogens is 1. The highest BCUT2D eigenvalue weighted by atomic mass is 35.5. The number of hydrogen-bond acceptors (Lipinski definition) is 4. The van der Waals surface area contributed by atoms with Crippen molar-refractivity contribution in [1.29, 1.82) is 0 Å². The van der Waals surface area contributed by atoms with Gasteiger partial charge in [0.05, 0.1) is 10.6 Å². The Kier molecular flexibility index (Phi) is 6.35. The fourth-order valence-electron chi connectivity index (χ4n) is 3.63. The third kappa shape index (κ3) is 4.99. The van der Waals surface area contributed by atoms with Crippen LogP contribution in [0.1, 0.15) is 22.8 Å². The van der Waals surface area contributed by atoms with Gasteiger partial charge in [0.15, 0.2) is 15.6 Å². The van der Waals surface area contributed by atoms with E-state index in [0.29, 0.717) is 32.7 Å². The summed E-state index contributed by atoms with van der Waals surface area (Å²) in [6.07, 6.45) is 1.50. The van der Waals surface area contributed by atoms with Gasteiger partial charge in [-0.1, -0.05) is 48.0 Å². The summed E-state index contributed by atoms with van der Waals surface area (Å²) in [4.78, 5) is 24.2. The van der Waals surface area contributed by atoms with Crippen molar-refractivity contribution in [2.24, 2.45) is 0 Å². The van der Waals surface area contributed by atoms with Crippen LogP contribution in [0.4, 0.5) is 5.69 Å². The predicted octanol–water partition coefficient (Wildman–Crippen LogP) is 5.11. The zero-order valence-corrected chi connectivity index (χ0v) is 19.4. The van der Waals surface area contributed by atoms with Crippen LogP contribution in [0.2, 0.25) is 5.02 Å². The number of ketones is 1. The minimum absolute atomic E-state index is 0.0581. The molecular weight excluding hydrogens is 460 g/mol. The second kappa shape index (κ2) is 9.21. The molecule has 0 aliphatic carbocycles. The molecule has 1 amide bonds. The third-order valence-corrected chi connectivity index (χ3v) is 7.33. The molecule has 0 saturated heterocycles. The topological polar surface area (TPSA) is 85.2 Å². The van der Waals surface area contributed by atoms with Crippen molar-refractivity contribution in [3.63, 3.8) is 0 Å². The number of hydrogen-bond donors (Lipinski definition) is 1. The van der Waals surface area contributed by atoms with Crippen molar-refractivity contribution < 1.29 is 18.0 Å². The first-order valence-electron chi connectivity index (χ1n) is 10.2. The number of para-hydroxylation sites is 1. The van der Waals surface area contributed by atoms with Crippen molar-refractivity contribution in [2.45, 2.75) is 24.1 Å². The van der Waals surface area contributed by atoms with E-state index in [4.69, 9.17) is 11.6 Å². The number of anilines is 1. The van der Waals surface area contributed by atoms with Crippen LogP contribution >= 0.6 is 11.6 Å².